The highest BCUT2D eigenvalue weighted by Crippen LogP contribution is 2.30. The highest BCUT2D eigenvalue weighted by atomic mass is 35.5. The summed E-state index contributed by atoms with van der Waals surface area (Å²) < 4.78 is 1.09. The van der Waals surface area contributed by atoms with Crippen molar-refractivity contribution in [3.8, 4) is 0 Å². The second-order valence-electron chi connectivity index (χ2n) is 5.96. The van der Waals surface area contributed by atoms with Crippen molar-refractivity contribution in [1.82, 2.24) is 4.42 Å². The molecule has 1 aromatic rings. The molecule has 0 bridgehead atoms. The van der Waals surface area contributed by atoms with Crippen LogP contribution in [0.1, 0.15) is 48.2 Å². The van der Waals surface area contributed by atoms with Crippen LogP contribution in [0.3, 0.4) is 0 Å². The Morgan fingerprint density at radius 3 is 2.82 bits per heavy atom. The quantitative estimate of drug-likeness (QED) is 0.711. The first-order valence-corrected chi connectivity index (χ1v) is 8.89. The van der Waals surface area contributed by atoms with Gasteiger partial charge in [-0.1, -0.05) is 32.8 Å². The molecule has 1 atom stereocenters. The molecule has 2 rings (SSSR count). The smallest absolute Gasteiger partial charge is 0.278 e. The molecular formula is C17H23ClN2OS. The van der Waals surface area contributed by atoms with Crippen molar-refractivity contribution < 1.29 is 4.79 Å². The van der Waals surface area contributed by atoms with Crippen LogP contribution in [0.25, 0.3) is 0 Å². The fourth-order valence-corrected chi connectivity index (χ4v) is 3.87. The highest BCUT2D eigenvalue weighted by molar-refractivity contribution is 7.16. The van der Waals surface area contributed by atoms with Crippen molar-refractivity contribution in [2.24, 2.45) is 16.8 Å². The van der Waals surface area contributed by atoms with Gasteiger partial charge in [0.25, 0.3) is 5.91 Å². The Balaban J connectivity index is 2.25. The SMILES string of the molecule is CCCC1CN=C(c2ccc(C(=O)N(C)Cl)s2)C=C1C(C)C. The summed E-state index contributed by atoms with van der Waals surface area (Å²) >= 11 is 7.18. The number of halogens is 1. The maximum atomic E-state index is 11.9. The number of hydrogen-bond donors (Lipinski definition) is 0. The van der Waals surface area contributed by atoms with Gasteiger partial charge in [-0.25, -0.2) is 0 Å². The number of carbonyl (C=O) groups is 1. The third kappa shape index (κ3) is 3.79. The van der Waals surface area contributed by atoms with Crippen LogP contribution >= 0.6 is 23.1 Å². The van der Waals surface area contributed by atoms with Crippen LogP contribution < -0.4 is 0 Å². The molecule has 0 saturated carbocycles. The maximum Gasteiger partial charge on any atom is 0.278 e. The molecule has 0 saturated heterocycles. The molecule has 0 radical (unpaired) electrons. The van der Waals surface area contributed by atoms with Crippen LogP contribution in [-0.2, 0) is 0 Å². The highest BCUT2D eigenvalue weighted by Gasteiger charge is 2.22. The molecule has 1 unspecified atom stereocenters. The zero-order chi connectivity index (χ0) is 16.3. The minimum absolute atomic E-state index is 0.175. The minimum atomic E-state index is -0.175. The topological polar surface area (TPSA) is 32.7 Å². The van der Waals surface area contributed by atoms with Crippen molar-refractivity contribution >= 4 is 34.7 Å². The zero-order valence-corrected chi connectivity index (χ0v) is 15.2. The molecule has 1 aromatic heterocycles. The van der Waals surface area contributed by atoms with E-state index in [1.54, 1.807) is 7.05 Å². The second-order valence-corrected chi connectivity index (χ2v) is 7.55. The van der Waals surface area contributed by atoms with Crippen molar-refractivity contribution in [3.63, 3.8) is 0 Å². The molecule has 22 heavy (non-hydrogen) atoms. The minimum Gasteiger partial charge on any atom is -0.283 e. The normalized spacial score (nSPS) is 18.2. The van der Waals surface area contributed by atoms with Gasteiger partial charge in [0.15, 0.2) is 0 Å². The van der Waals surface area contributed by atoms with Crippen LogP contribution in [0.4, 0.5) is 0 Å². The summed E-state index contributed by atoms with van der Waals surface area (Å²) in [7, 11) is 1.55. The predicted molar refractivity (Wildman–Crippen MR) is 95.0 cm³/mol. The average Bonchev–Trinajstić information content (AvgIpc) is 2.96. The number of nitrogens with zero attached hydrogens (tertiary/aromatic N) is 2. The molecule has 120 valence electrons. The van der Waals surface area contributed by atoms with Crippen molar-refractivity contribution in [2.75, 3.05) is 13.6 Å². The van der Waals surface area contributed by atoms with Gasteiger partial charge in [0.05, 0.1) is 15.5 Å². The van der Waals surface area contributed by atoms with Crippen LogP contribution in [0.15, 0.2) is 28.8 Å². The van der Waals surface area contributed by atoms with Gasteiger partial charge in [-0.15, -0.1) is 11.3 Å². The second kappa shape index (κ2) is 7.42. The number of rotatable bonds is 5. The van der Waals surface area contributed by atoms with E-state index < -0.39 is 0 Å². The number of allylic oxidation sites excluding steroid dienone is 1. The van der Waals surface area contributed by atoms with Gasteiger partial charge in [0.1, 0.15) is 0 Å². The predicted octanol–water partition coefficient (Wildman–Crippen LogP) is 4.78. The number of amides is 1. The average molecular weight is 339 g/mol. The van der Waals surface area contributed by atoms with E-state index in [1.165, 1.54) is 29.8 Å². The lowest BCUT2D eigenvalue weighted by Gasteiger charge is -2.25. The van der Waals surface area contributed by atoms with E-state index in [9.17, 15) is 4.79 Å². The molecule has 2 heterocycles. The van der Waals surface area contributed by atoms with Crippen LogP contribution in [0.5, 0.6) is 0 Å². The van der Waals surface area contributed by atoms with Crippen molar-refractivity contribution in [1.29, 1.82) is 0 Å². The zero-order valence-electron chi connectivity index (χ0n) is 13.6. The lowest BCUT2D eigenvalue weighted by Crippen LogP contribution is -2.19. The molecule has 1 aliphatic rings. The Labute approximate surface area is 141 Å². The lowest BCUT2D eigenvalue weighted by molar-refractivity contribution is 0.0889. The largest absolute Gasteiger partial charge is 0.283 e. The van der Waals surface area contributed by atoms with E-state index in [-0.39, 0.29) is 5.91 Å². The van der Waals surface area contributed by atoms with Crippen LogP contribution in [0, 0.1) is 11.8 Å². The third-order valence-corrected chi connectivity index (χ3v) is 5.16. The standard InChI is InChI=1S/C17H23ClN2OS/c1-5-6-12-10-19-14(9-13(12)11(2)3)15-7-8-16(22-15)17(21)20(4)18/h7-9,11-12H,5-6,10H2,1-4H3. The number of aliphatic imine (C=N–C) groups is 1. The molecule has 5 heteroatoms. The van der Waals surface area contributed by atoms with Gasteiger partial charge >= 0.3 is 0 Å². The van der Waals surface area contributed by atoms with E-state index in [2.05, 4.69) is 26.8 Å². The fraction of sp³-hybridized carbons (Fsp3) is 0.529. The Morgan fingerprint density at radius 1 is 1.50 bits per heavy atom. The first kappa shape index (κ1) is 17.2. The van der Waals surface area contributed by atoms with E-state index in [0.29, 0.717) is 16.7 Å². The summed E-state index contributed by atoms with van der Waals surface area (Å²) in [4.78, 5) is 18.3. The molecular weight excluding hydrogens is 316 g/mol. The first-order valence-electron chi connectivity index (χ1n) is 7.74. The summed E-state index contributed by atoms with van der Waals surface area (Å²) in [5.41, 5.74) is 2.47. The molecule has 0 aromatic carbocycles. The monoisotopic (exact) mass is 338 g/mol. The molecule has 1 aliphatic heterocycles. The lowest BCUT2D eigenvalue weighted by atomic mass is 9.84. The van der Waals surface area contributed by atoms with Crippen LogP contribution in [-0.4, -0.2) is 29.6 Å². The summed E-state index contributed by atoms with van der Waals surface area (Å²) in [6, 6.07) is 3.79. The molecule has 1 amide bonds. The number of thiophene rings is 1. The van der Waals surface area contributed by atoms with Gasteiger partial charge < -0.3 is 0 Å². The maximum absolute atomic E-state index is 11.9. The van der Waals surface area contributed by atoms with Gasteiger partial charge in [0.2, 0.25) is 0 Å². The van der Waals surface area contributed by atoms with E-state index in [4.69, 9.17) is 16.8 Å². The van der Waals surface area contributed by atoms with Gasteiger partial charge in [-0.2, -0.15) is 0 Å². The third-order valence-electron chi connectivity index (χ3n) is 3.91. The first-order chi connectivity index (χ1) is 10.4. The summed E-state index contributed by atoms with van der Waals surface area (Å²) in [5.74, 6) is 0.909. The van der Waals surface area contributed by atoms with E-state index >= 15 is 0 Å². The number of carbonyl (C=O) groups excluding carboxylic acids is 1. The van der Waals surface area contributed by atoms with Gasteiger partial charge in [0, 0.05) is 25.4 Å². The molecule has 3 nitrogen and oxygen atoms in total. The molecule has 0 fully saturated rings. The summed E-state index contributed by atoms with van der Waals surface area (Å²) in [6.07, 6.45) is 4.59. The Morgan fingerprint density at radius 2 is 2.23 bits per heavy atom. The fourth-order valence-electron chi connectivity index (χ4n) is 2.77. The number of dihydropyridines is 1. The van der Waals surface area contributed by atoms with Crippen molar-refractivity contribution in [3.05, 3.63) is 33.5 Å². The van der Waals surface area contributed by atoms with E-state index in [1.807, 2.05) is 12.1 Å². The van der Waals surface area contributed by atoms with Gasteiger partial charge in [-0.3, -0.25) is 14.2 Å². The molecule has 0 N–H and O–H groups in total. The Hall–Kier alpha value is -1.13. The van der Waals surface area contributed by atoms with Crippen LogP contribution in [0.2, 0.25) is 0 Å². The number of hydrogen-bond acceptors (Lipinski definition) is 3. The van der Waals surface area contributed by atoms with Crippen molar-refractivity contribution in [2.45, 2.75) is 33.6 Å². The summed E-state index contributed by atoms with van der Waals surface area (Å²) in [5, 5.41) is 0. The molecule has 0 aliphatic carbocycles. The Bertz CT molecular complexity index is 602. The summed E-state index contributed by atoms with van der Waals surface area (Å²) in [6.45, 7) is 7.55. The van der Waals surface area contributed by atoms with Gasteiger partial charge in [-0.05, 0) is 36.5 Å². The van der Waals surface area contributed by atoms with E-state index in [0.717, 1.165) is 21.6 Å². The molecule has 0 spiro atoms. The Kier molecular flexibility index (Phi) is 5.81.